The molecule has 1 aliphatic heterocycles. The van der Waals surface area contributed by atoms with E-state index in [0.29, 0.717) is 31.2 Å². The number of carbonyl (C=O) groups excluding carboxylic acids is 2. The maximum absolute atomic E-state index is 13.4. The largest absolute Gasteiger partial charge is 0.497 e. The Kier molecular flexibility index (Phi) is 7.34. The normalized spacial score (nSPS) is 15.1. The first-order chi connectivity index (χ1) is 16.1. The monoisotopic (exact) mass is 468 g/mol. The van der Waals surface area contributed by atoms with Crippen LogP contribution in [0.25, 0.3) is 0 Å². The number of rotatable bonds is 9. The molecule has 0 N–H and O–H groups in total. The highest BCUT2D eigenvalue weighted by atomic mass is 32.1. The highest BCUT2D eigenvalue weighted by Crippen LogP contribution is 2.34. The third-order valence-corrected chi connectivity index (χ3v) is 6.70. The van der Waals surface area contributed by atoms with Gasteiger partial charge in [0.1, 0.15) is 24.7 Å². The number of fused-ring (bicyclic) bond motifs is 1. The molecule has 0 spiro atoms. The van der Waals surface area contributed by atoms with Crippen LogP contribution in [0.2, 0.25) is 0 Å². The molecule has 3 aromatic rings. The van der Waals surface area contributed by atoms with Gasteiger partial charge in [0.15, 0.2) is 5.76 Å². The van der Waals surface area contributed by atoms with Crippen LogP contribution in [0.4, 0.5) is 0 Å². The lowest BCUT2D eigenvalue weighted by Crippen LogP contribution is -2.48. The third-order valence-electron chi connectivity index (χ3n) is 5.70. The molecule has 33 heavy (non-hydrogen) atoms. The summed E-state index contributed by atoms with van der Waals surface area (Å²) in [6, 6.07) is 12.6. The van der Waals surface area contributed by atoms with Gasteiger partial charge in [-0.15, -0.1) is 11.3 Å². The molecule has 174 valence electrons. The summed E-state index contributed by atoms with van der Waals surface area (Å²) < 4.78 is 16.6. The van der Waals surface area contributed by atoms with Gasteiger partial charge in [-0.1, -0.05) is 13.0 Å². The lowest BCUT2D eigenvalue weighted by molar-refractivity contribution is -0.135. The zero-order valence-corrected chi connectivity index (χ0v) is 19.7. The molecule has 8 heteroatoms. The molecule has 2 amide bonds. The molecule has 0 radical (unpaired) electrons. The van der Waals surface area contributed by atoms with E-state index >= 15 is 0 Å². The Morgan fingerprint density at radius 1 is 1.21 bits per heavy atom. The van der Waals surface area contributed by atoms with E-state index in [0.717, 1.165) is 18.4 Å². The van der Waals surface area contributed by atoms with Gasteiger partial charge in [0.05, 0.1) is 19.4 Å². The maximum Gasteiger partial charge on any atom is 0.290 e. The van der Waals surface area contributed by atoms with E-state index in [2.05, 4.69) is 11.4 Å². The Hall–Kier alpha value is -3.26. The SMILES string of the molecule is CCCN(CC(=O)N1CCc2sccc2[C@@H]1COc1cccc(OC)c1)C(=O)c1ccco1. The van der Waals surface area contributed by atoms with E-state index in [9.17, 15) is 9.59 Å². The lowest BCUT2D eigenvalue weighted by atomic mass is 10.0. The number of methoxy groups -OCH3 is 1. The minimum absolute atomic E-state index is 0.00248. The molecule has 0 saturated carbocycles. The Labute approximate surface area is 197 Å². The summed E-state index contributed by atoms with van der Waals surface area (Å²) in [5.74, 6) is 1.27. The van der Waals surface area contributed by atoms with Crippen molar-refractivity contribution in [1.82, 2.24) is 9.80 Å². The predicted molar refractivity (Wildman–Crippen MR) is 126 cm³/mol. The second kappa shape index (κ2) is 10.6. The van der Waals surface area contributed by atoms with E-state index in [-0.39, 0.29) is 30.2 Å². The minimum atomic E-state index is -0.271. The van der Waals surface area contributed by atoms with Gasteiger partial charge in [0, 0.05) is 24.0 Å². The molecular formula is C25H28N2O5S. The fourth-order valence-electron chi connectivity index (χ4n) is 4.07. The summed E-state index contributed by atoms with van der Waals surface area (Å²) in [4.78, 5) is 31.0. The summed E-state index contributed by atoms with van der Waals surface area (Å²) >= 11 is 1.71. The first-order valence-corrected chi connectivity index (χ1v) is 11.9. The Morgan fingerprint density at radius 2 is 2.06 bits per heavy atom. The number of thiophene rings is 1. The van der Waals surface area contributed by atoms with Crippen molar-refractivity contribution in [3.05, 3.63) is 70.3 Å². The molecule has 7 nitrogen and oxygen atoms in total. The molecule has 1 aromatic carbocycles. The third kappa shape index (κ3) is 5.22. The van der Waals surface area contributed by atoms with E-state index in [4.69, 9.17) is 13.9 Å². The van der Waals surface area contributed by atoms with E-state index in [1.54, 1.807) is 35.5 Å². The van der Waals surface area contributed by atoms with Gasteiger partial charge in [-0.2, -0.15) is 0 Å². The average molecular weight is 469 g/mol. The van der Waals surface area contributed by atoms with Gasteiger partial charge in [0.25, 0.3) is 5.91 Å². The van der Waals surface area contributed by atoms with Crippen molar-refractivity contribution in [3.63, 3.8) is 0 Å². The van der Waals surface area contributed by atoms with Gasteiger partial charge >= 0.3 is 0 Å². The average Bonchev–Trinajstić information content (AvgIpc) is 3.54. The molecule has 0 saturated heterocycles. The predicted octanol–water partition coefficient (Wildman–Crippen LogP) is 4.41. The van der Waals surface area contributed by atoms with Crippen LogP contribution in [0.3, 0.4) is 0 Å². The molecule has 4 rings (SSSR count). The number of nitrogens with zero attached hydrogens (tertiary/aromatic N) is 2. The molecule has 1 atom stereocenters. The number of furan rings is 1. The smallest absolute Gasteiger partial charge is 0.290 e. The number of hydrogen-bond donors (Lipinski definition) is 0. The zero-order valence-electron chi connectivity index (χ0n) is 18.9. The number of hydrogen-bond acceptors (Lipinski definition) is 6. The van der Waals surface area contributed by atoms with Crippen LogP contribution >= 0.6 is 11.3 Å². The quantitative estimate of drug-likeness (QED) is 0.465. The van der Waals surface area contributed by atoms with Crippen molar-refractivity contribution in [2.45, 2.75) is 25.8 Å². The van der Waals surface area contributed by atoms with Crippen LogP contribution in [0.5, 0.6) is 11.5 Å². The second-order valence-corrected chi connectivity index (χ2v) is 8.85. The van der Waals surface area contributed by atoms with Crippen LogP contribution in [0.15, 0.2) is 58.5 Å². The highest BCUT2D eigenvalue weighted by molar-refractivity contribution is 7.10. The number of amides is 2. The molecule has 3 heterocycles. The van der Waals surface area contributed by atoms with Crippen molar-refractivity contribution in [3.8, 4) is 11.5 Å². The van der Waals surface area contributed by atoms with E-state index in [1.165, 1.54) is 11.1 Å². The molecular weight excluding hydrogens is 440 g/mol. The minimum Gasteiger partial charge on any atom is -0.497 e. The Bertz CT molecular complexity index is 1080. The maximum atomic E-state index is 13.4. The second-order valence-electron chi connectivity index (χ2n) is 7.85. The van der Waals surface area contributed by atoms with Gasteiger partial charge in [-0.05, 0) is 54.1 Å². The highest BCUT2D eigenvalue weighted by Gasteiger charge is 2.33. The Morgan fingerprint density at radius 3 is 2.82 bits per heavy atom. The van der Waals surface area contributed by atoms with Gasteiger partial charge in [0.2, 0.25) is 5.91 Å². The van der Waals surface area contributed by atoms with Crippen molar-refractivity contribution in [1.29, 1.82) is 0 Å². The Balaban J connectivity index is 1.51. The van der Waals surface area contributed by atoms with Crippen LogP contribution in [0, 0.1) is 0 Å². The van der Waals surface area contributed by atoms with Gasteiger partial charge in [-0.3, -0.25) is 9.59 Å². The van der Waals surface area contributed by atoms with Crippen molar-refractivity contribution in [2.24, 2.45) is 0 Å². The molecule has 0 fully saturated rings. The molecule has 0 bridgehead atoms. The topological polar surface area (TPSA) is 72.2 Å². The molecule has 2 aromatic heterocycles. The van der Waals surface area contributed by atoms with E-state index < -0.39 is 0 Å². The fraction of sp³-hybridized carbons (Fsp3) is 0.360. The fourth-order valence-corrected chi connectivity index (χ4v) is 5.00. The summed E-state index contributed by atoms with van der Waals surface area (Å²) in [5.41, 5.74) is 1.11. The van der Waals surface area contributed by atoms with Gasteiger partial charge < -0.3 is 23.7 Å². The number of ether oxygens (including phenoxy) is 2. The zero-order chi connectivity index (χ0) is 23.2. The first kappa shape index (κ1) is 22.9. The summed E-state index contributed by atoms with van der Waals surface area (Å²) in [7, 11) is 1.62. The van der Waals surface area contributed by atoms with Crippen LogP contribution in [-0.2, 0) is 11.2 Å². The number of benzene rings is 1. The molecule has 0 unspecified atom stereocenters. The van der Waals surface area contributed by atoms with Crippen molar-refractivity contribution >= 4 is 23.2 Å². The molecule has 0 aliphatic carbocycles. The van der Waals surface area contributed by atoms with Crippen molar-refractivity contribution < 1.29 is 23.5 Å². The number of carbonyl (C=O) groups is 2. The van der Waals surface area contributed by atoms with Crippen molar-refractivity contribution in [2.75, 3.05) is 33.4 Å². The molecule has 1 aliphatic rings. The van der Waals surface area contributed by atoms with E-state index in [1.807, 2.05) is 36.1 Å². The summed E-state index contributed by atoms with van der Waals surface area (Å²) in [6.45, 7) is 3.38. The van der Waals surface area contributed by atoms with Crippen LogP contribution in [-0.4, -0.2) is 55.0 Å². The first-order valence-electron chi connectivity index (χ1n) is 11.1. The summed E-state index contributed by atoms with van der Waals surface area (Å²) in [6.07, 6.45) is 3.01. The van der Waals surface area contributed by atoms with Crippen LogP contribution < -0.4 is 9.47 Å². The summed E-state index contributed by atoms with van der Waals surface area (Å²) in [5, 5.41) is 2.06. The standard InChI is InChI=1S/C25H28N2O5S/c1-3-11-26(25(29)22-8-5-13-31-22)16-24(28)27-12-9-23-20(10-14-33-23)21(27)17-32-19-7-4-6-18(15-19)30-2/h4-8,10,13-15,21H,3,9,11-12,16-17H2,1-2H3/t21-/m0/s1. The van der Waals surface area contributed by atoms with Gasteiger partial charge in [-0.25, -0.2) is 0 Å². The van der Waals surface area contributed by atoms with Crippen LogP contribution in [0.1, 0.15) is 40.4 Å². The lowest BCUT2D eigenvalue weighted by Gasteiger charge is -2.37.